The lowest BCUT2D eigenvalue weighted by Gasteiger charge is -2.06. The molecule has 1 fully saturated rings. The van der Waals surface area contributed by atoms with E-state index in [-0.39, 0.29) is 6.04 Å². The van der Waals surface area contributed by atoms with Crippen molar-refractivity contribution in [2.75, 3.05) is 5.32 Å². The minimum Gasteiger partial charge on any atom is -0.457 e. The maximum Gasteiger partial charge on any atom is 0.176 e. The van der Waals surface area contributed by atoms with Gasteiger partial charge in [-0.1, -0.05) is 17.7 Å². The Morgan fingerprint density at radius 1 is 1.50 bits per heavy atom. The zero-order chi connectivity index (χ0) is 16.7. The van der Waals surface area contributed by atoms with E-state index in [0.29, 0.717) is 11.1 Å². The second-order valence-electron chi connectivity index (χ2n) is 6.50. The second-order valence-corrected chi connectivity index (χ2v) is 7.92. The molecule has 24 heavy (non-hydrogen) atoms. The van der Waals surface area contributed by atoms with Crippen molar-refractivity contribution in [3.05, 3.63) is 44.9 Å². The number of rotatable bonds is 6. The maximum atomic E-state index is 6.28. The molecule has 1 unspecified atom stereocenters. The normalized spacial score (nSPS) is 15.8. The van der Waals surface area contributed by atoms with Crippen molar-refractivity contribution in [2.24, 2.45) is 5.73 Å². The number of furan rings is 1. The lowest BCUT2D eigenvalue weighted by molar-refractivity contribution is 0.519. The Labute approximate surface area is 150 Å². The van der Waals surface area contributed by atoms with Gasteiger partial charge in [-0.3, -0.25) is 0 Å². The van der Waals surface area contributed by atoms with Gasteiger partial charge in [0.15, 0.2) is 5.58 Å². The third kappa shape index (κ3) is 3.16. The zero-order valence-corrected chi connectivity index (χ0v) is 15.1. The van der Waals surface area contributed by atoms with E-state index in [0.717, 1.165) is 35.5 Å². The number of halogens is 1. The van der Waals surface area contributed by atoms with Crippen LogP contribution in [0.2, 0.25) is 5.15 Å². The van der Waals surface area contributed by atoms with E-state index in [2.05, 4.69) is 27.8 Å². The fourth-order valence-electron chi connectivity index (χ4n) is 3.06. The lowest BCUT2D eigenvalue weighted by atomic mass is 10.1. The van der Waals surface area contributed by atoms with Crippen LogP contribution < -0.4 is 11.1 Å². The van der Waals surface area contributed by atoms with Gasteiger partial charge in [0, 0.05) is 35.5 Å². The van der Waals surface area contributed by atoms with E-state index in [9.17, 15) is 0 Å². The van der Waals surface area contributed by atoms with E-state index >= 15 is 0 Å². The Hall–Kier alpha value is -1.56. The minimum atomic E-state index is 0.0565. The zero-order valence-electron chi connectivity index (χ0n) is 13.5. The van der Waals surface area contributed by atoms with Crippen LogP contribution in [0.15, 0.2) is 28.0 Å². The highest BCUT2D eigenvalue weighted by molar-refractivity contribution is 7.09. The summed E-state index contributed by atoms with van der Waals surface area (Å²) >= 11 is 8.01. The van der Waals surface area contributed by atoms with Gasteiger partial charge in [0.05, 0.1) is 5.69 Å². The highest BCUT2D eigenvalue weighted by atomic mass is 35.5. The molecule has 3 N–H and O–H groups in total. The number of aromatic nitrogens is 1. The molecule has 0 aromatic carbocycles. The van der Waals surface area contributed by atoms with Crippen molar-refractivity contribution in [1.82, 2.24) is 4.98 Å². The molecule has 6 heteroatoms. The molecule has 126 valence electrons. The SMILES string of the molecule is CC(N)Cc1oc2c(NCc3cccs3)cc(Cl)nc2c1C1CC1. The van der Waals surface area contributed by atoms with Gasteiger partial charge in [-0.15, -0.1) is 11.3 Å². The van der Waals surface area contributed by atoms with Gasteiger partial charge >= 0.3 is 0 Å². The molecule has 0 aliphatic heterocycles. The largest absolute Gasteiger partial charge is 0.457 e. The molecular formula is C18H20ClN3OS. The van der Waals surface area contributed by atoms with Gasteiger partial charge in [-0.05, 0) is 37.1 Å². The molecular weight excluding hydrogens is 342 g/mol. The smallest absolute Gasteiger partial charge is 0.176 e. The summed E-state index contributed by atoms with van der Waals surface area (Å²) in [5, 5.41) is 6.01. The Morgan fingerprint density at radius 2 is 2.33 bits per heavy atom. The summed E-state index contributed by atoms with van der Waals surface area (Å²) in [4.78, 5) is 5.83. The molecule has 0 spiro atoms. The molecule has 1 aliphatic rings. The first-order valence-electron chi connectivity index (χ1n) is 8.25. The number of pyridine rings is 1. The number of thiophene rings is 1. The maximum absolute atomic E-state index is 6.28. The lowest BCUT2D eigenvalue weighted by Crippen LogP contribution is -2.18. The van der Waals surface area contributed by atoms with Crippen molar-refractivity contribution < 1.29 is 4.42 Å². The van der Waals surface area contributed by atoms with Crippen LogP contribution in [0.1, 0.15) is 41.9 Å². The van der Waals surface area contributed by atoms with E-state index in [1.165, 1.54) is 23.3 Å². The summed E-state index contributed by atoms with van der Waals surface area (Å²) in [7, 11) is 0. The Balaban J connectivity index is 1.76. The highest BCUT2D eigenvalue weighted by Gasteiger charge is 2.32. The molecule has 1 saturated carbocycles. The highest BCUT2D eigenvalue weighted by Crippen LogP contribution is 2.47. The number of nitrogens with zero attached hydrogens (tertiary/aromatic N) is 1. The van der Waals surface area contributed by atoms with Crippen molar-refractivity contribution >= 4 is 39.7 Å². The van der Waals surface area contributed by atoms with Gasteiger partial charge in [0.25, 0.3) is 0 Å². The third-order valence-electron chi connectivity index (χ3n) is 4.25. The summed E-state index contributed by atoms with van der Waals surface area (Å²) in [5.74, 6) is 1.51. The first kappa shape index (κ1) is 15.9. The van der Waals surface area contributed by atoms with E-state index < -0.39 is 0 Å². The summed E-state index contributed by atoms with van der Waals surface area (Å²) in [5.41, 5.74) is 9.81. The standard InChI is InChI=1S/C18H20ClN3OS/c1-10(20)7-14-16(11-4-5-11)17-18(23-14)13(8-15(19)22-17)21-9-12-3-2-6-24-12/h2-3,6,8,10-11H,4-5,7,9,20H2,1H3,(H,21,22). The Morgan fingerprint density at radius 3 is 3.00 bits per heavy atom. The molecule has 4 rings (SSSR count). The summed E-state index contributed by atoms with van der Waals surface area (Å²) in [6.07, 6.45) is 3.10. The molecule has 0 bridgehead atoms. The van der Waals surface area contributed by atoms with Crippen LogP contribution in [0.4, 0.5) is 5.69 Å². The van der Waals surface area contributed by atoms with E-state index in [1.54, 1.807) is 11.3 Å². The average Bonchev–Trinajstić information content (AvgIpc) is 3.09. The molecule has 1 atom stereocenters. The number of nitrogens with two attached hydrogens (primary N) is 1. The van der Waals surface area contributed by atoms with Gasteiger partial charge in [-0.25, -0.2) is 4.98 Å². The average molecular weight is 362 g/mol. The van der Waals surface area contributed by atoms with Crippen molar-refractivity contribution in [1.29, 1.82) is 0 Å². The number of fused-ring (bicyclic) bond motifs is 1. The fraction of sp³-hybridized carbons (Fsp3) is 0.389. The topological polar surface area (TPSA) is 64.1 Å². The second kappa shape index (κ2) is 6.39. The van der Waals surface area contributed by atoms with Crippen LogP contribution in [0.25, 0.3) is 11.1 Å². The molecule has 1 aliphatic carbocycles. The quantitative estimate of drug-likeness (QED) is 0.611. The van der Waals surface area contributed by atoms with Crippen LogP contribution in [0.5, 0.6) is 0 Å². The third-order valence-corrected chi connectivity index (χ3v) is 5.32. The van der Waals surface area contributed by atoms with Gasteiger partial charge < -0.3 is 15.5 Å². The molecule has 0 amide bonds. The molecule has 3 heterocycles. The van der Waals surface area contributed by atoms with E-state index in [4.69, 9.17) is 21.8 Å². The van der Waals surface area contributed by atoms with Crippen molar-refractivity contribution in [3.8, 4) is 0 Å². The summed E-state index contributed by atoms with van der Waals surface area (Å²) < 4.78 is 6.21. The first-order chi connectivity index (χ1) is 11.6. The molecule has 3 aromatic rings. The summed E-state index contributed by atoms with van der Waals surface area (Å²) in [6, 6.07) is 6.06. The molecule has 0 radical (unpaired) electrons. The number of nitrogens with one attached hydrogen (secondary N) is 1. The number of hydrogen-bond acceptors (Lipinski definition) is 5. The van der Waals surface area contributed by atoms with Crippen LogP contribution >= 0.6 is 22.9 Å². The molecule has 0 saturated heterocycles. The van der Waals surface area contributed by atoms with Gasteiger partial charge in [0.2, 0.25) is 0 Å². The predicted octanol–water partition coefficient (Wildman–Crippen LogP) is 4.92. The number of hydrogen-bond donors (Lipinski definition) is 2. The number of anilines is 1. The molecule has 4 nitrogen and oxygen atoms in total. The van der Waals surface area contributed by atoms with Crippen LogP contribution in [-0.4, -0.2) is 11.0 Å². The minimum absolute atomic E-state index is 0.0565. The Kier molecular flexibility index (Phi) is 4.24. The van der Waals surface area contributed by atoms with Gasteiger partial charge in [0.1, 0.15) is 16.4 Å². The van der Waals surface area contributed by atoms with Crippen LogP contribution in [0, 0.1) is 0 Å². The monoisotopic (exact) mass is 361 g/mol. The predicted molar refractivity (Wildman–Crippen MR) is 100.0 cm³/mol. The summed E-state index contributed by atoms with van der Waals surface area (Å²) in [6.45, 7) is 2.75. The molecule has 3 aromatic heterocycles. The fourth-order valence-corrected chi connectivity index (χ4v) is 3.90. The first-order valence-corrected chi connectivity index (χ1v) is 9.51. The van der Waals surface area contributed by atoms with Crippen LogP contribution in [0.3, 0.4) is 0 Å². The van der Waals surface area contributed by atoms with E-state index in [1.807, 2.05) is 13.0 Å². The van der Waals surface area contributed by atoms with Crippen molar-refractivity contribution in [2.45, 2.75) is 44.7 Å². The van der Waals surface area contributed by atoms with Crippen molar-refractivity contribution in [3.63, 3.8) is 0 Å². The van der Waals surface area contributed by atoms with Gasteiger partial charge in [-0.2, -0.15) is 0 Å². The van der Waals surface area contributed by atoms with Crippen LogP contribution in [-0.2, 0) is 13.0 Å². The Bertz CT molecular complexity index is 853.